The molecule has 2 aliphatic rings. The number of morpholine rings is 2. The highest BCUT2D eigenvalue weighted by Gasteiger charge is 2.20. The van der Waals surface area contributed by atoms with E-state index in [4.69, 9.17) is 31.0 Å². The molecular weight excluding hydrogens is 359 g/mol. The fourth-order valence-electron chi connectivity index (χ4n) is 3.10. The van der Waals surface area contributed by atoms with Gasteiger partial charge >= 0.3 is 0 Å². The molecule has 2 aliphatic heterocycles. The minimum Gasteiger partial charge on any atom is -0.378 e. The van der Waals surface area contributed by atoms with E-state index in [2.05, 4.69) is 9.80 Å². The van der Waals surface area contributed by atoms with Gasteiger partial charge in [-0.3, -0.25) is 0 Å². The molecule has 0 radical (unpaired) electrons. The van der Waals surface area contributed by atoms with Crippen LogP contribution in [0.1, 0.15) is 0 Å². The highest BCUT2D eigenvalue weighted by atomic mass is 35.5. The Labute approximate surface area is 156 Å². The Morgan fingerprint density at radius 3 is 1.88 bits per heavy atom. The second-order valence-electron chi connectivity index (χ2n) is 6.24. The van der Waals surface area contributed by atoms with Crippen LogP contribution in [0.25, 0.3) is 11.4 Å². The van der Waals surface area contributed by atoms with Crippen LogP contribution < -0.4 is 9.80 Å². The van der Waals surface area contributed by atoms with Gasteiger partial charge in [-0.25, -0.2) is 14.4 Å². The Hall–Kier alpha value is -1.96. The topological polar surface area (TPSA) is 50.7 Å². The average Bonchev–Trinajstić information content (AvgIpc) is 2.71. The van der Waals surface area contributed by atoms with Gasteiger partial charge in [-0.15, -0.1) is 0 Å². The van der Waals surface area contributed by atoms with Crippen molar-refractivity contribution in [1.82, 2.24) is 9.97 Å². The average molecular weight is 379 g/mol. The number of ether oxygens (including phenoxy) is 2. The van der Waals surface area contributed by atoms with Crippen LogP contribution in [0.5, 0.6) is 0 Å². The molecular formula is C18H20ClFN4O2. The summed E-state index contributed by atoms with van der Waals surface area (Å²) >= 11 is 5.96. The molecule has 0 spiro atoms. The summed E-state index contributed by atoms with van der Waals surface area (Å²) in [5.74, 6) is 1.78. The Bertz CT molecular complexity index is 744. The standard InChI is InChI=1S/C18H20ClFN4O2/c19-14-11-13(1-2-15(14)20)18-21-16(23-3-7-25-8-4-23)12-17(22-18)24-5-9-26-10-6-24/h1-2,11-12H,3-10H2. The third-order valence-corrected chi connectivity index (χ3v) is 4.84. The van der Waals surface area contributed by atoms with Crippen molar-refractivity contribution in [2.45, 2.75) is 0 Å². The lowest BCUT2D eigenvalue weighted by atomic mass is 10.2. The quantitative estimate of drug-likeness (QED) is 0.818. The van der Waals surface area contributed by atoms with Crippen molar-refractivity contribution in [2.75, 3.05) is 62.4 Å². The van der Waals surface area contributed by atoms with E-state index in [1.54, 1.807) is 12.1 Å². The minimum absolute atomic E-state index is 0.0656. The first-order chi connectivity index (χ1) is 12.7. The van der Waals surface area contributed by atoms with Crippen LogP contribution >= 0.6 is 11.6 Å². The maximum atomic E-state index is 13.5. The van der Waals surface area contributed by atoms with E-state index in [1.807, 2.05) is 6.07 Å². The molecule has 0 N–H and O–H groups in total. The molecule has 0 unspecified atom stereocenters. The summed E-state index contributed by atoms with van der Waals surface area (Å²) in [6, 6.07) is 6.57. The highest BCUT2D eigenvalue weighted by Crippen LogP contribution is 2.28. The van der Waals surface area contributed by atoms with Gasteiger partial charge in [-0.2, -0.15) is 0 Å². The lowest BCUT2D eigenvalue weighted by Gasteiger charge is -2.31. The maximum absolute atomic E-state index is 13.5. The van der Waals surface area contributed by atoms with Crippen LogP contribution in [0.2, 0.25) is 5.02 Å². The first kappa shape index (κ1) is 17.5. The number of benzene rings is 1. The van der Waals surface area contributed by atoms with E-state index in [9.17, 15) is 4.39 Å². The molecule has 138 valence electrons. The Kier molecular flexibility index (Phi) is 5.19. The predicted molar refractivity (Wildman–Crippen MR) is 98.5 cm³/mol. The Morgan fingerprint density at radius 1 is 0.846 bits per heavy atom. The molecule has 0 amide bonds. The van der Waals surface area contributed by atoms with Crippen molar-refractivity contribution in [3.63, 3.8) is 0 Å². The number of hydrogen-bond donors (Lipinski definition) is 0. The van der Waals surface area contributed by atoms with Crippen molar-refractivity contribution in [1.29, 1.82) is 0 Å². The van der Waals surface area contributed by atoms with E-state index in [1.165, 1.54) is 6.07 Å². The van der Waals surface area contributed by atoms with Crippen LogP contribution in [0.3, 0.4) is 0 Å². The van der Waals surface area contributed by atoms with Crippen LogP contribution in [-0.2, 0) is 9.47 Å². The summed E-state index contributed by atoms with van der Waals surface area (Å²) < 4.78 is 24.4. The summed E-state index contributed by atoms with van der Waals surface area (Å²) in [4.78, 5) is 13.8. The van der Waals surface area contributed by atoms with Crippen molar-refractivity contribution in [2.24, 2.45) is 0 Å². The zero-order valence-corrected chi connectivity index (χ0v) is 15.1. The van der Waals surface area contributed by atoms with Crippen molar-refractivity contribution in [3.05, 3.63) is 35.1 Å². The second kappa shape index (κ2) is 7.73. The molecule has 8 heteroatoms. The van der Waals surface area contributed by atoms with E-state index >= 15 is 0 Å². The molecule has 0 saturated carbocycles. The molecule has 2 fully saturated rings. The SMILES string of the molecule is Fc1ccc(-c2nc(N3CCOCC3)cc(N3CCOCC3)n2)cc1Cl. The fraction of sp³-hybridized carbons (Fsp3) is 0.444. The van der Waals surface area contributed by atoms with Crippen molar-refractivity contribution < 1.29 is 13.9 Å². The van der Waals surface area contributed by atoms with Crippen LogP contribution in [-0.4, -0.2) is 62.6 Å². The van der Waals surface area contributed by atoms with E-state index in [0.717, 1.165) is 37.8 Å². The van der Waals surface area contributed by atoms with E-state index in [-0.39, 0.29) is 5.02 Å². The number of nitrogens with zero attached hydrogens (tertiary/aromatic N) is 4. The molecule has 2 aromatic rings. The molecule has 26 heavy (non-hydrogen) atoms. The van der Waals surface area contributed by atoms with Gasteiger partial charge in [0.2, 0.25) is 0 Å². The predicted octanol–water partition coefficient (Wildman–Crippen LogP) is 2.61. The zero-order valence-electron chi connectivity index (χ0n) is 14.3. The lowest BCUT2D eigenvalue weighted by molar-refractivity contribution is 0.122. The van der Waals surface area contributed by atoms with Gasteiger partial charge in [0, 0.05) is 37.8 Å². The van der Waals surface area contributed by atoms with Crippen LogP contribution in [0.15, 0.2) is 24.3 Å². The molecule has 1 aromatic heterocycles. The number of halogens is 2. The smallest absolute Gasteiger partial charge is 0.163 e. The van der Waals surface area contributed by atoms with Gasteiger partial charge < -0.3 is 19.3 Å². The third kappa shape index (κ3) is 3.75. The summed E-state index contributed by atoms with van der Waals surface area (Å²) in [5.41, 5.74) is 0.695. The fourth-order valence-corrected chi connectivity index (χ4v) is 3.28. The van der Waals surface area contributed by atoms with Crippen LogP contribution in [0.4, 0.5) is 16.0 Å². The Balaban J connectivity index is 1.74. The number of hydrogen-bond acceptors (Lipinski definition) is 6. The molecule has 6 nitrogen and oxygen atoms in total. The van der Waals surface area contributed by atoms with Gasteiger partial charge in [-0.1, -0.05) is 11.6 Å². The summed E-state index contributed by atoms with van der Waals surface area (Å²) in [5, 5.41) is 0.0656. The molecule has 2 saturated heterocycles. The van der Waals surface area contributed by atoms with Crippen molar-refractivity contribution >= 4 is 23.2 Å². The first-order valence-electron chi connectivity index (χ1n) is 8.70. The molecule has 0 bridgehead atoms. The largest absolute Gasteiger partial charge is 0.378 e. The molecule has 3 heterocycles. The third-order valence-electron chi connectivity index (χ3n) is 4.55. The summed E-state index contributed by atoms with van der Waals surface area (Å²) in [6.07, 6.45) is 0. The molecule has 0 aliphatic carbocycles. The molecule has 1 aromatic carbocycles. The highest BCUT2D eigenvalue weighted by molar-refractivity contribution is 6.31. The van der Waals surface area contributed by atoms with E-state index in [0.29, 0.717) is 37.8 Å². The monoisotopic (exact) mass is 378 g/mol. The minimum atomic E-state index is -0.451. The van der Waals surface area contributed by atoms with Gasteiger partial charge in [0.25, 0.3) is 0 Å². The van der Waals surface area contributed by atoms with Gasteiger partial charge in [0.05, 0.1) is 31.5 Å². The molecule has 0 atom stereocenters. The summed E-state index contributed by atoms with van der Waals surface area (Å²) in [6.45, 7) is 5.82. The number of aromatic nitrogens is 2. The van der Waals surface area contributed by atoms with Crippen molar-refractivity contribution in [3.8, 4) is 11.4 Å². The van der Waals surface area contributed by atoms with Gasteiger partial charge in [-0.05, 0) is 18.2 Å². The summed E-state index contributed by atoms with van der Waals surface area (Å²) in [7, 11) is 0. The van der Waals surface area contributed by atoms with E-state index < -0.39 is 5.82 Å². The maximum Gasteiger partial charge on any atom is 0.163 e. The van der Waals surface area contributed by atoms with Crippen LogP contribution in [0, 0.1) is 5.82 Å². The first-order valence-corrected chi connectivity index (χ1v) is 9.08. The normalized spacial score (nSPS) is 18.2. The number of anilines is 2. The lowest BCUT2D eigenvalue weighted by Crippen LogP contribution is -2.38. The van der Waals surface area contributed by atoms with Gasteiger partial charge in [0.1, 0.15) is 17.5 Å². The van der Waals surface area contributed by atoms with Gasteiger partial charge in [0.15, 0.2) is 5.82 Å². The Morgan fingerprint density at radius 2 is 1.38 bits per heavy atom. The number of rotatable bonds is 3. The zero-order chi connectivity index (χ0) is 17.9. The second-order valence-corrected chi connectivity index (χ2v) is 6.64. The molecule has 4 rings (SSSR count).